The molecule has 3 aromatic rings. The lowest BCUT2D eigenvalue weighted by atomic mass is 10.1. The van der Waals surface area contributed by atoms with Gasteiger partial charge >= 0.3 is 5.69 Å². The summed E-state index contributed by atoms with van der Waals surface area (Å²) in [6.07, 6.45) is 1.38. The molecule has 2 aromatic heterocycles. The van der Waals surface area contributed by atoms with E-state index in [4.69, 9.17) is 4.42 Å². The van der Waals surface area contributed by atoms with Crippen LogP contribution in [0.5, 0.6) is 0 Å². The molecule has 1 amide bonds. The molecule has 24 heavy (non-hydrogen) atoms. The standard InChI is InChI=1S/C17H14N4O3/c1-11-7-8-13(24-11)10-18-21-16(22)15-9-14(19-17(23)20-15)12-5-3-2-4-6-12/h2-10H,1H3,(H,21,22)(H,19,20,23)/b18-10+. The van der Waals surface area contributed by atoms with Gasteiger partial charge in [0.15, 0.2) is 0 Å². The van der Waals surface area contributed by atoms with Crippen LogP contribution >= 0.6 is 0 Å². The molecule has 1 aromatic carbocycles. The number of furan rings is 1. The van der Waals surface area contributed by atoms with Crippen LogP contribution in [0, 0.1) is 6.92 Å². The predicted molar refractivity (Wildman–Crippen MR) is 88.8 cm³/mol. The lowest BCUT2D eigenvalue weighted by Crippen LogP contribution is -2.24. The Kier molecular flexibility index (Phi) is 4.33. The fraction of sp³-hybridized carbons (Fsp3) is 0.0588. The van der Waals surface area contributed by atoms with Crippen LogP contribution in [-0.4, -0.2) is 22.1 Å². The maximum absolute atomic E-state index is 12.1. The van der Waals surface area contributed by atoms with Crippen LogP contribution in [0.25, 0.3) is 11.3 Å². The second-order valence-corrected chi connectivity index (χ2v) is 5.00. The Morgan fingerprint density at radius 1 is 1.25 bits per heavy atom. The van der Waals surface area contributed by atoms with Gasteiger partial charge in [-0.05, 0) is 25.1 Å². The number of aryl methyl sites for hydroxylation is 1. The highest BCUT2D eigenvalue weighted by Gasteiger charge is 2.10. The first kappa shape index (κ1) is 15.4. The Hall–Kier alpha value is -3.48. The zero-order valence-corrected chi connectivity index (χ0v) is 12.8. The molecule has 0 fully saturated rings. The van der Waals surface area contributed by atoms with Gasteiger partial charge in [0.25, 0.3) is 5.91 Å². The molecule has 2 heterocycles. The van der Waals surface area contributed by atoms with Crippen molar-refractivity contribution in [3.63, 3.8) is 0 Å². The van der Waals surface area contributed by atoms with Crippen molar-refractivity contribution in [1.29, 1.82) is 0 Å². The van der Waals surface area contributed by atoms with Crippen molar-refractivity contribution in [2.45, 2.75) is 6.92 Å². The summed E-state index contributed by atoms with van der Waals surface area (Å²) in [7, 11) is 0. The van der Waals surface area contributed by atoms with Crippen molar-refractivity contribution in [2.24, 2.45) is 5.10 Å². The number of carbonyl (C=O) groups is 1. The number of nitrogens with one attached hydrogen (secondary N) is 2. The second-order valence-electron chi connectivity index (χ2n) is 5.00. The van der Waals surface area contributed by atoms with E-state index in [9.17, 15) is 9.59 Å². The van der Waals surface area contributed by atoms with E-state index in [0.29, 0.717) is 11.5 Å². The van der Waals surface area contributed by atoms with E-state index in [0.717, 1.165) is 11.3 Å². The number of nitrogens with zero attached hydrogens (tertiary/aromatic N) is 2. The molecule has 0 saturated carbocycles. The lowest BCUT2D eigenvalue weighted by Gasteiger charge is -2.03. The van der Waals surface area contributed by atoms with Crippen LogP contribution < -0.4 is 11.1 Å². The summed E-state index contributed by atoms with van der Waals surface area (Å²) in [6.45, 7) is 1.81. The Bertz CT molecular complexity index is 942. The molecule has 0 aliphatic carbocycles. The van der Waals surface area contributed by atoms with Gasteiger partial charge in [-0.2, -0.15) is 10.1 Å². The Balaban J connectivity index is 1.79. The predicted octanol–water partition coefficient (Wildman–Crippen LogP) is 2.10. The zero-order valence-electron chi connectivity index (χ0n) is 12.8. The van der Waals surface area contributed by atoms with E-state index in [1.54, 1.807) is 24.3 Å². The molecule has 0 aliphatic rings. The highest BCUT2D eigenvalue weighted by Crippen LogP contribution is 2.15. The van der Waals surface area contributed by atoms with E-state index in [1.807, 2.05) is 25.1 Å². The Morgan fingerprint density at radius 3 is 2.75 bits per heavy atom. The van der Waals surface area contributed by atoms with Crippen LogP contribution in [0.3, 0.4) is 0 Å². The van der Waals surface area contributed by atoms with Gasteiger partial charge in [0.1, 0.15) is 17.2 Å². The summed E-state index contributed by atoms with van der Waals surface area (Å²) >= 11 is 0. The van der Waals surface area contributed by atoms with E-state index in [1.165, 1.54) is 12.3 Å². The third-order valence-electron chi connectivity index (χ3n) is 3.18. The number of amides is 1. The molecule has 7 nitrogen and oxygen atoms in total. The van der Waals surface area contributed by atoms with Crippen molar-refractivity contribution in [2.75, 3.05) is 0 Å². The quantitative estimate of drug-likeness (QED) is 0.567. The van der Waals surface area contributed by atoms with Crippen LogP contribution in [0.4, 0.5) is 0 Å². The summed E-state index contributed by atoms with van der Waals surface area (Å²) in [5.74, 6) is 0.709. The van der Waals surface area contributed by atoms with Crippen LogP contribution in [0.1, 0.15) is 22.0 Å². The van der Waals surface area contributed by atoms with Crippen molar-refractivity contribution < 1.29 is 9.21 Å². The maximum atomic E-state index is 12.1. The molecule has 0 unspecified atom stereocenters. The molecule has 0 saturated heterocycles. The minimum atomic E-state index is -0.604. The molecule has 0 atom stereocenters. The maximum Gasteiger partial charge on any atom is 0.346 e. The number of carbonyl (C=O) groups excluding carboxylic acids is 1. The number of hydrogen-bond acceptors (Lipinski definition) is 5. The lowest BCUT2D eigenvalue weighted by molar-refractivity contribution is 0.0949. The molecule has 3 rings (SSSR count). The number of aromatic amines is 1. The molecule has 0 bridgehead atoms. The summed E-state index contributed by atoms with van der Waals surface area (Å²) in [4.78, 5) is 30.1. The van der Waals surface area contributed by atoms with Crippen molar-refractivity contribution in [3.05, 3.63) is 76.2 Å². The van der Waals surface area contributed by atoms with Crippen molar-refractivity contribution in [3.8, 4) is 11.3 Å². The third-order valence-corrected chi connectivity index (χ3v) is 3.18. The minimum absolute atomic E-state index is 0.0710. The average molecular weight is 322 g/mol. The first-order chi connectivity index (χ1) is 11.6. The Labute approximate surface area is 137 Å². The van der Waals surface area contributed by atoms with E-state index in [2.05, 4.69) is 20.5 Å². The zero-order chi connectivity index (χ0) is 16.9. The monoisotopic (exact) mass is 322 g/mol. The summed E-state index contributed by atoms with van der Waals surface area (Å²) in [5, 5.41) is 3.80. The van der Waals surface area contributed by atoms with Gasteiger partial charge in [-0.1, -0.05) is 30.3 Å². The Morgan fingerprint density at radius 2 is 2.04 bits per heavy atom. The smallest absolute Gasteiger partial charge is 0.346 e. The average Bonchev–Trinajstić information content (AvgIpc) is 3.00. The first-order valence-corrected chi connectivity index (χ1v) is 7.18. The minimum Gasteiger partial charge on any atom is -0.460 e. The number of aromatic nitrogens is 2. The molecular formula is C17H14N4O3. The fourth-order valence-electron chi connectivity index (χ4n) is 2.07. The van der Waals surface area contributed by atoms with Gasteiger partial charge < -0.3 is 9.40 Å². The first-order valence-electron chi connectivity index (χ1n) is 7.18. The van der Waals surface area contributed by atoms with Gasteiger partial charge in [0.2, 0.25) is 0 Å². The summed E-state index contributed by atoms with van der Waals surface area (Å²) < 4.78 is 5.30. The number of rotatable bonds is 4. The molecule has 7 heteroatoms. The molecule has 0 radical (unpaired) electrons. The third kappa shape index (κ3) is 3.64. The second kappa shape index (κ2) is 6.74. The topological polar surface area (TPSA) is 100 Å². The van der Waals surface area contributed by atoms with Crippen LogP contribution in [-0.2, 0) is 0 Å². The highest BCUT2D eigenvalue weighted by molar-refractivity contribution is 5.93. The number of hydrogen-bond donors (Lipinski definition) is 2. The SMILES string of the molecule is Cc1ccc(/C=N/NC(=O)c2cc(-c3ccccc3)nc(=O)[nH]2)o1. The highest BCUT2D eigenvalue weighted by atomic mass is 16.3. The van der Waals surface area contributed by atoms with Crippen molar-refractivity contribution >= 4 is 12.1 Å². The van der Waals surface area contributed by atoms with E-state index >= 15 is 0 Å². The van der Waals surface area contributed by atoms with Crippen molar-refractivity contribution in [1.82, 2.24) is 15.4 Å². The van der Waals surface area contributed by atoms with Gasteiger partial charge in [0, 0.05) is 5.56 Å². The number of H-pyrrole nitrogens is 1. The van der Waals surface area contributed by atoms with Gasteiger partial charge in [-0.3, -0.25) is 4.79 Å². The molecule has 2 N–H and O–H groups in total. The normalized spacial score (nSPS) is 10.9. The van der Waals surface area contributed by atoms with Gasteiger partial charge in [-0.15, -0.1) is 0 Å². The largest absolute Gasteiger partial charge is 0.460 e. The fourth-order valence-corrected chi connectivity index (χ4v) is 2.07. The van der Waals surface area contributed by atoms with E-state index < -0.39 is 11.6 Å². The summed E-state index contributed by atoms with van der Waals surface area (Å²) in [6, 6.07) is 14.1. The van der Waals surface area contributed by atoms with Gasteiger partial charge in [-0.25, -0.2) is 10.2 Å². The molecule has 120 valence electrons. The summed E-state index contributed by atoms with van der Waals surface area (Å²) in [5.41, 5.74) is 2.96. The molecule has 0 aliphatic heterocycles. The van der Waals surface area contributed by atoms with Crippen LogP contribution in [0.15, 0.2) is 62.8 Å². The number of hydrazone groups is 1. The molecular weight excluding hydrogens is 308 g/mol. The number of benzene rings is 1. The van der Waals surface area contributed by atoms with E-state index in [-0.39, 0.29) is 5.69 Å². The molecule has 0 spiro atoms. The van der Waals surface area contributed by atoms with Gasteiger partial charge in [0.05, 0.1) is 11.9 Å². The van der Waals surface area contributed by atoms with Crippen LogP contribution in [0.2, 0.25) is 0 Å².